The molecular weight excluding hydrogens is 317 g/mol. The van der Waals surface area contributed by atoms with Crippen LogP contribution in [0.15, 0.2) is 24.3 Å². The van der Waals surface area contributed by atoms with Gasteiger partial charge in [-0.25, -0.2) is 0 Å². The third-order valence-electron chi connectivity index (χ3n) is 2.96. The van der Waals surface area contributed by atoms with Crippen LogP contribution in [-0.4, -0.2) is 17.5 Å². The minimum atomic E-state index is 0.347. The molecule has 1 aromatic carbocycles. The summed E-state index contributed by atoms with van der Waals surface area (Å²) >= 11 is 4.38. The average molecular weight is 333 g/mol. The van der Waals surface area contributed by atoms with E-state index < -0.39 is 0 Å². The van der Waals surface area contributed by atoms with Crippen molar-refractivity contribution < 1.29 is 0 Å². The summed E-state index contributed by atoms with van der Waals surface area (Å²) < 4.78 is 1.29. The maximum absolute atomic E-state index is 6.23. The fraction of sp³-hybridized carbons (Fsp3) is 0.500. The van der Waals surface area contributed by atoms with E-state index in [0.717, 1.165) is 12.3 Å². The van der Waals surface area contributed by atoms with Gasteiger partial charge in [-0.2, -0.15) is 11.8 Å². The number of benzene rings is 1. The van der Waals surface area contributed by atoms with E-state index in [1.54, 1.807) is 0 Å². The smallest absolute Gasteiger partial charge is 0.0130 e. The third-order valence-corrected chi connectivity index (χ3v) is 4.86. The quantitative estimate of drug-likeness (QED) is 0.861. The van der Waals surface area contributed by atoms with Crippen molar-refractivity contribution in [3.8, 4) is 0 Å². The molecule has 0 spiro atoms. The largest absolute Gasteiger partial charge is 0.327 e. The summed E-state index contributed by atoms with van der Waals surface area (Å²) in [4.78, 5) is 0. The zero-order chi connectivity index (χ0) is 10.7. The molecule has 0 bridgehead atoms. The van der Waals surface area contributed by atoms with Crippen molar-refractivity contribution in [2.24, 2.45) is 11.7 Å². The highest BCUT2D eigenvalue weighted by molar-refractivity contribution is 14.1. The lowest BCUT2D eigenvalue weighted by Gasteiger charge is -2.18. The van der Waals surface area contributed by atoms with Gasteiger partial charge in [0.05, 0.1) is 0 Å². The molecule has 1 saturated heterocycles. The van der Waals surface area contributed by atoms with Crippen LogP contribution in [0.2, 0.25) is 0 Å². The zero-order valence-electron chi connectivity index (χ0n) is 8.66. The number of thioether (sulfide) groups is 1. The van der Waals surface area contributed by atoms with Crippen molar-refractivity contribution >= 4 is 34.4 Å². The van der Waals surface area contributed by atoms with Crippen LogP contribution in [0.3, 0.4) is 0 Å². The second kappa shape index (κ2) is 5.55. The van der Waals surface area contributed by atoms with Crippen molar-refractivity contribution in [1.29, 1.82) is 0 Å². The monoisotopic (exact) mass is 333 g/mol. The van der Waals surface area contributed by atoms with Crippen LogP contribution >= 0.6 is 34.4 Å². The van der Waals surface area contributed by atoms with Gasteiger partial charge in [-0.1, -0.05) is 12.1 Å². The normalized spacial score (nSPS) is 22.9. The van der Waals surface area contributed by atoms with Gasteiger partial charge in [0, 0.05) is 9.61 Å². The maximum Gasteiger partial charge on any atom is 0.0130 e. The first kappa shape index (κ1) is 11.7. The Balaban J connectivity index is 1.92. The van der Waals surface area contributed by atoms with Gasteiger partial charge in [-0.3, -0.25) is 0 Å². The van der Waals surface area contributed by atoms with Gasteiger partial charge >= 0.3 is 0 Å². The van der Waals surface area contributed by atoms with E-state index >= 15 is 0 Å². The Hall–Kier alpha value is 0.260. The molecule has 1 aliphatic rings. The molecular formula is C12H16INS. The fourth-order valence-electron chi connectivity index (χ4n) is 1.95. The van der Waals surface area contributed by atoms with E-state index in [1.807, 2.05) is 11.8 Å². The highest BCUT2D eigenvalue weighted by atomic mass is 127. The molecule has 0 aliphatic carbocycles. The molecule has 0 radical (unpaired) electrons. The van der Waals surface area contributed by atoms with Crippen LogP contribution in [-0.2, 0) is 6.42 Å². The Kier molecular flexibility index (Phi) is 4.34. The van der Waals surface area contributed by atoms with Gasteiger partial charge in [0.2, 0.25) is 0 Å². The summed E-state index contributed by atoms with van der Waals surface area (Å²) in [7, 11) is 0. The molecule has 82 valence electrons. The first-order chi connectivity index (χ1) is 7.25. The number of halogens is 1. The average Bonchev–Trinajstić information content (AvgIpc) is 2.74. The molecule has 0 amide bonds. The molecule has 3 heteroatoms. The first-order valence-corrected chi connectivity index (χ1v) is 7.57. The second-order valence-corrected chi connectivity index (χ2v) is 6.51. The van der Waals surface area contributed by atoms with Gasteiger partial charge in [-0.05, 0) is 70.6 Å². The maximum atomic E-state index is 6.23. The van der Waals surface area contributed by atoms with Crippen LogP contribution in [0.25, 0.3) is 0 Å². The Morgan fingerprint density at radius 1 is 1.40 bits per heavy atom. The molecule has 2 unspecified atom stereocenters. The summed E-state index contributed by atoms with van der Waals surface area (Å²) in [6.07, 6.45) is 2.33. The summed E-state index contributed by atoms with van der Waals surface area (Å²) in [5.41, 5.74) is 7.61. The highest BCUT2D eigenvalue weighted by Gasteiger charge is 2.22. The molecule has 15 heavy (non-hydrogen) atoms. The van der Waals surface area contributed by atoms with Gasteiger partial charge < -0.3 is 5.73 Å². The predicted molar refractivity (Wildman–Crippen MR) is 76.3 cm³/mol. The molecule has 1 aromatic rings. The minimum absolute atomic E-state index is 0.347. The predicted octanol–water partition coefficient (Wildman–Crippen LogP) is 2.91. The molecule has 1 aliphatic heterocycles. The van der Waals surface area contributed by atoms with Crippen LogP contribution in [0.5, 0.6) is 0 Å². The minimum Gasteiger partial charge on any atom is -0.327 e. The lowest BCUT2D eigenvalue weighted by molar-refractivity contribution is 0.463. The van der Waals surface area contributed by atoms with Crippen molar-refractivity contribution in [3.05, 3.63) is 33.4 Å². The number of hydrogen-bond acceptors (Lipinski definition) is 2. The summed E-state index contributed by atoms with van der Waals surface area (Å²) in [6, 6.07) is 9.06. The van der Waals surface area contributed by atoms with Crippen molar-refractivity contribution in [2.75, 3.05) is 11.5 Å². The van der Waals surface area contributed by atoms with E-state index in [9.17, 15) is 0 Å². The zero-order valence-corrected chi connectivity index (χ0v) is 11.6. The van der Waals surface area contributed by atoms with E-state index in [4.69, 9.17) is 5.73 Å². The van der Waals surface area contributed by atoms with Gasteiger partial charge in [0.25, 0.3) is 0 Å². The Labute approximate surface area is 109 Å². The Morgan fingerprint density at radius 2 is 2.13 bits per heavy atom. The molecule has 0 aromatic heterocycles. The highest BCUT2D eigenvalue weighted by Crippen LogP contribution is 2.26. The number of nitrogens with two attached hydrogens (primary N) is 1. The lowest BCUT2D eigenvalue weighted by Crippen LogP contribution is -2.32. The van der Waals surface area contributed by atoms with Crippen molar-refractivity contribution in [2.45, 2.75) is 18.9 Å². The molecule has 2 N–H and O–H groups in total. The van der Waals surface area contributed by atoms with Gasteiger partial charge in [0.1, 0.15) is 0 Å². The van der Waals surface area contributed by atoms with Crippen molar-refractivity contribution in [3.63, 3.8) is 0 Å². The molecule has 2 atom stereocenters. The molecule has 1 nitrogen and oxygen atoms in total. The first-order valence-electron chi connectivity index (χ1n) is 5.33. The lowest BCUT2D eigenvalue weighted by atomic mass is 9.94. The number of hydrogen-bond donors (Lipinski definition) is 1. The number of rotatable bonds is 3. The van der Waals surface area contributed by atoms with Gasteiger partial charge in [-0.15, -0.1) is 0 Å². The second-order valence-electron chi connectivity index (χ2n) is 4.12. The van der Waals surface area contributed by atoms with Gasteiger partial charge in [0.15, 0.2) is 0 Å². The standard InChI is InChI=1S/C12H16INS/c13-11-3-1-9(2-4-11)7-12(14)10-5-6-15-8-10/h1-4,10,12H,5-8,14H2. The van der Waals surface area contributed by atoms with E-state index in [1.165, 1.54) is 27.1 Å². The molecule has 2 rings (SSSR count). The van der Waals surface area contributed by atoms with Crippen LogP contribution < -0.4 is 5.73 Å². The van der Waals surface area contributed by atoms with Crippen LogP contribution in [0.4, 0.5) is 0 Å². The molecule has 0 saturated carbocycles. The fourth-order valence-corrected chi connectivity index (χ4v) is 3.66. The summed E-state index contributed by atoms with van der Waals surface area (Å²) in [5.74, 6) is 3.28. The SMILES string of the molecule is NC(Cc1ccc(I)cc1)C1CCSC1. The topological polar surface area (TPSA) is 26.0 Å². The Morgan fingerprint density at radius 3 is 2.73 bits per heavy atom. The van der Waals surface area contributed by atoms with E-state index in [2.05, 4.69) is 46.9 Å². The third kappa shape index (κ3) is 3.36. The van der Waals surface area contributed by atoms with Crippen molar-refractivity contribution in [1.82, 2.24) is 0 Å². The molecule has 1 heterocycles. The van der Waals surface area contributed by atoms with Crippen LogP contribution in [0.1, 0.15) is 12.0 Å². The van der Waals surface area contributed by atoms with E-state index in [0.29, 0.717) is 6.04 Å². The van der Waals surface area contributed by atoms with E-state index in [-0.39, 0.29) is 0 Å². The summed E-state index contributed by atoms with van der Waals surface area (Å²) in [5, 5.41) is 0. The molecule has 1 fully saturated rings. The van der Waals surface area contributed by atoms with Crippen LogP contribution in [0, 0.1) is 9.49 Å². The Bertz CT molecular complexity index is 306. The summed E-state index contributed by atoms with van der Waals surface area (Å²) in [6.45, 7) is 0.